The SMILES string of the molecule is CC(C)CC(C)c1cccc2c(OC(C)c3ccccc3)cccc12. The molecule has 3 aromatic rings. The van der Waals surface area contributed by atoms with Crippen LogP contribution in [-0.2, 0) is 0 Å². The summed E-state index contributed by atoms with van der Waals surface area (Å²) in [5.74, 6) is 2.21. The molecular weight excluding hydrogens is 304 g/mol. The number of hydrogen-bond acceptors (Lipinski definition) is 1. The highest BCUT2D eigenvalue weighted by Crippen LogP contribution is 2.35. The van der Waals surface area contributed by atoms with Gasteiger partial charge >= 0.3 is 0 Å². The molecule has 0 heterocycles. The zero-order valence-corrected chi connectivity index (χ0v) is 15.7. The third kappa shape index (κ3) is 4.04. The summed E-state index contributed by atoms with van der Waals surface area (Å²) >= 11 is 0. The molecule has 0 bridgehead atoms. The van der Waals surface area contributed by atoms with Gasteiger partial charge in [0, 0.05) is 5.39 Å². The van der Waals surface area contributed by atoms with E-state index >= 15 is 0 Å². The molecule has 0 aliphatic heterocycles. The monoisotopic (exact) mass is 332 g/mol. The summed E-state index contributed by atoms with van der Waals surface area (Å²) in [6.07, 6.45) is 1.23. The molecule has 2 atom stereocenters. The first kappa shape index (κ1) is 17.5. The van der Waals surface area contributed by atoms with Crippen LogP contribution in [0.3, 0.4) is 0 Å². The molecule has 0 aromatic heterocycles. The Morgan fingerprint density at radius 3 is 2.12 bits per heavy atom. The molecule has 1 nitrogen and oxygen atoms in total. The van der Waals surface area contributed by atoms with Gasteiger partial charge in [-0.25, -0.2) is 0 Å². The van der Waals surface area contributed by atoms with Crippen molar-refractivity contribution in [3.05, 3.63) is 77.9 Å². The van der Waals surface area contributed by atoms with Crippen molar-refractivity contribution in [3.63, 3.8) is 0 Å². The summed E-state index contributed by atoms with van der Waals surface area (Å²) < 4.78 is 6.33. The molecule has 0 saturated carbocycles. The Kier molecular flexibility index (Phi) is 5.43. The topological polar surface area (TPSA) is 9.23 Å². The van der Waals surface area contributed by atoms with Crippen molar-refractivity contribution >= 4 is 10.8 Å². The van der Waals surface area contributed by atoms with E-state index in [9.17, 15) is 0 Å². The highest BCUT2D eigenvalue weighted by atomic mass is 16.5. The molecule has 0 radical (unpaired) electrons. The van der Waals surface area contributed by atoms with Crippen LogP contribution in [0, 0.1) is 5.92 Å². The van der Waals surface area contributed by atoms with Crippen LogP contribution < -0.4 is 4.74 Å². The molecule has 0 N–H and O–H groups in total. The van der Waals surface area contributed by atoms with Crippen molar-refractivity contribution in [2.75, 3.05) is 0 Å². The highest BCUT2D eigenvalue weighted by molar-refractivity contribution is 5.91. The van der Waals surface area contributed by atoms with E-state index in [0.717, 1.165) is 5.75 Å². The first-order chi connectivity index (χ1) is 12.1. The Morgan fingerprint density at radius 2 is 1.40 bits per heavy atom. The number of ether oxygens (including phenoxy) is 1. The maximum Gasteiger partial charge on any atom is 0.128 e. The molecule has 0 saturated heterocycles. The van der Waals surface area contributed by atoms with E-state index in [-0.39, 0.29) is 6.10 Å². The van der Waals surface area contributed by atoms with E-state index in [1.807, 2.05) is 6.07 Å². The summed E-state index contributed by atoms with van der Waals surface area (Å²) in [7, 11) is 0. The van der Waals surface area contributed by atoms with Gasteiger partial charge in [0.15, 0.2) is 0 Å². The molecule has 3 aromatic carbocycles. The second-order valence-electron chi connectivity index (χ2n) is 7.40. The molecule has 130 valence electrons. The first-order valence-corrected chi connectivity index (χ1v) is 9.29. The van der Waals surface area contributed by atoms with Crippen LogP contribution in [0.5, 0.6) is 5.75 Å². The van der Waals surface area contributed by atoms with Crippen LogP contribution in [0.4, 0.5) is 0 Å². The number of benzene rings is 3. The predicted octanol–water partition coefficient (Wildman–Crippen LogP) is 7.13. The number of hydrogen-bond donors (Lipinski definition) is 0. The van der Waals surface area contributed by atoms with Gasteiger partial charge in [-0.2, -0.15) is 0 Å². The van der Waals surface area contributed by atoms with Crippen molar-refractivity contribution in [2.45, 2.75) is 46.1 Å². The standard InChI is InChI=1S/C24H28O/c1-17(2)16-18(3)21-12-8-14-23-22(21)13-9-15-24(23)25-19(4)20-10-6-5-7-11-20/h5-15,17-19H,16H2,1-4H3. The lowest BCUT2D eigenvalue weighted by Gasteiger charge is -2.20. The van der Waals surface area contributed by atoms with E-state index in [4.69, 9.17) is 4.74 Å². The van der Waals surface area contributed by atoms with Crippen molar-refractivity contribution in [1.82, 2.24) is 0 Å². The average molecular weight is 332 g/mol. The van der Waals surface area contributed by atoms with Crippen molar-refractivity contribution in [1.29, 1.82) is 0 Å². The largest absolute Gasteiger partial charge is 0.485 e. The van der Waals surface area contributed by atoms with E-state index < -0.39 is 0 Å². The van der Waals surface area contributed by atoms with Crippen molar-refractivity contribution < 1.29 is 4.74 Å². The fourth-order valence-corrected chi connectivity index (χ4v) is 3.65. The van der Waals surface area contributed by atoms with E-state index in [0.29, 0.717) is 11.8 Å². The summed E-state index contributed by atoms with van der Waals surface area (Å²) in [6, 6.07) is 23.4. The average Bonchev–Trinajstić information content (AvgIpc) is 2.61. The molecule has 0 spiro atoms. The zero-order chi connectivity index (χ0) is 17.8. The maximum atomic E-state index is 6.33. The third-order valence-corrected chi connectivity index (χ3v) is 4.84. The van der Waals surface area contributed by atoms with Gasteiger partial charge in [-0.15, -0.1) is 0 Å². The molecule has 1 heteroatoms. The highest BCUT2D eigenvalue weighted by Gasteiger charge is 2.14. The van der Waals surface area contributed by atoms with E-state index in [2.05, 4.69) is 88.4 Å². The second kappa shape index (κ2) is 7.74. The zero-order valence-electron chi connectivity index (χ0n) is 15.7. The van der Waals surface area contributed by atoms with Gasteiger partial charge in [0.1, 0.15) is 11.9 Å². The predicted molar refractivity (Wildman–Crippen MR) is 107 cm³/mol. The first-order valence-electron chi connectivity index (χ1n) is 9.29. The van der Waals surface area contributed by atoms with Gasteiger partial charge in [-0.05, 0) is 47.8 Å². The summed E-state index contributed by atoms with van der Waals surface area (Å²) in [5.41, 5.74) is 2.62. The maximum absolute atomic E-state index is 6.33. The van der Waals surface area contributed by atoms with Gasteiger partial charge in [0.25, 0.3) is 0 Å². The minimum Gasteiger partial charge on any atom is -0.485 e. The fourth-order valence-electron chi connectivity index (χ4n) is 3.65. The smallest absolute Gasteiger partial charge is 0.128 e. The van der Waals surface area contributed by atoms with Crippen LogP contribution in [0.1, 0.15) is 57.3 Å². The van der Waals surface area contributed by atoms with Crippen LogP contribution >= 0.6 is 0 Å². The Hall–Kier alpha value is -2.28. The lowest BCUT2D eigenvalue weighted by atomic mass is 9.88. The van der Waals surface area contributed by atoms with Gasteiger partial charge in [0.05, 0.1) is 0 Å². The van der Waals surface area contributed by atoms with Gasteiger partial charge in [-0.3, -0.25) is 0 Å². The molecule has 0 amide bonds. The van der Waals surface area contributed by atoms with Gasteiger partial charge in [-0.1, -0.05) is 81.4 Å². The minimum absolute atomic E-state index is 0.0311. The quantitative estimate of drug-likeness (QED) is 0.466. The lowest BCUT2D eigenvalue weighted by Crippen LogP contribution is -2.04. The van der Waals surface area contributed by atoms with Crippen LogP contribution in [-0.4, -0.2) is 0 Å². The van der Waals surface area contributed by atoms with Gasteiger partial charge < -0.3 is 4.74 Å². The molecule has 2 unspecified atom stereocenters. The third-order valence-electron chi connectivity index (χ3n) is 4.84. The van der Waals surface area contributed by atoms with E-state index in [1.165, 1.54) is 28.3 Å². The Balaban J connectivity index is 1.95. The molecule has 0 aliphatic carbocycles. The number of fused-ring (bicyclic) bond motifs is 1. The molecule has 3 rings (SSSR count). The van der Waals surface area contributed by atoms with Crippen LogP contribution in [0.15, 0.2) is 66.7 Å². The second-order valence-corrected chi connectivity index (χ2v) is 7.40. The van der Waals surface area contributed by atoms with E-state index in [1.54, 1.807) is 0 Å². The molecular formula is C24H28O. The minimum atomic E-state index is 0.0311. The Labute approximate surface area is 151 Å². The molecule has 25 heavy (non-hydrogen) atoms. The Bertz CT molecular complexity index is 820. The van der Waals surface area contributed by atoms with Gasteiger partial charge in [0.2, 0.25) is 0 Å². The lowest BCUT2D eigenvalue weighted by molar-refractivity contribution is 0.230. The summed E-state index contributed by atoms with van der Waals surface area (Å²) in [4.78, 5) is 0. The van der Waals surface area contributed by atoms with Crippen LogP contribution in [0.25, 0.3) is 10.8 Å². The van der Waals surface area contributed by atoms with Crippen LogP contribution in [0.2, 0.25) is 0 Å². The van der Waals surface area contributed by atoms with Crippen molar-refractivity contribution in [2.24, 2.45) is 5.92 Å². The van der Waals surface area contributed by atoms with Crippen molar-refractivity contribution in [3.8, 4) is 5.75 Å². The summed E-state index contributed by atoms with van der Waals surface area (Å²) in [6.45, 7) is 9.02. The molecule has 0 aliphatic rings. The summed E-state index contributed by atoms with van der Waals surface area (Å²) in [5, 5.41) is 2.52. The Morgan fingerprint density at radius 1 is 0.720 bits per heavy atom. The number of rotatable bonds is 6. The fraction of sp³-hybridized carbons (Fsp3) is 0.333. The normalized spacial score (nSPS) is 13.8. The molecule has 0 fully saturated rings.